The van der Waals surface area contributed by atoms with E-state index in [2.05, 4.69) is 5.32 Å². The number of ether oxygens (including phenoxy) is 1. The number of carbonyl (C=O) groups is 1. The van der Waals surface area contributed by atoms with E-state index < -0.39 is 16.0 Å². The van der Waals surface area contributed by atoms with Crippen LogP contribution in [0.5, 0.6) is 5.75 Å². The van der Waals surface area contributed by atoms with Gasteiger partial charge in [-0.1, -0.05) is 0 Å². The van der Waals surface area contributed by atoms with Crippen LogP contribution in [-0.4, -0.2) is 57.1 Å². The number of rotatable bonds is 7. The molecule has 1 heterocycles. The summed E-state index contributed by atoms with van der Waals surface area (Å²) in [5, 5.41) is 11.6. The number of sulfonamides is 1. The number of nitrogens with zero attached hydrogens (tertiary/aromatic N) is 1. The van der Waals surface area contributed by atoms with Crippen LogP contribution in [0.4, 0.5) is 0 Å². The number of benzene rings is 1. The van der Waals surface area contributed by atoms with E-state index >= 15 is 0 Å². The zero-order valence-corrected chi connectivity index (χ0v) is 17.0. The molecule has 0 spiro atoms. The molecular formula is C17H27ClN2O5S. The van der Waals surface area contributed by atoms with Crippen LogP contribution >= 0.6 is 12.4 Å². The van der Waals surface area contributed by atoms with Gasteiger partial charge in [0.15, 0.2) is 0 Å². The van der Waals surface area contributed by atoms with Crippen LogP contribution in [0.3, 0.4) is 0 Å². The number of hydrogen-bond donors (Lipinski definition) is 2. The lowest BCUT2D eigenvalue weighted by molar-refractivity contribution is -0.136. The van der Waals surface area contributed by atoms with Gasteiger partial charge in [-0.25, -0.2) is 8.42 Å². The summed E-state index contributed by atoms with van der Waals surface area (Å²) in [7, 11) is -2.00. The SMILES string of the molecule is COc1c(C)cc(S(=O)(=O)N2CCCC(CNCC(=O)O)C2)cc1C.Cl. The fourth-order valence-corrected chi connectivity index (χ4v) is 5.05. The third-order valence-electron chi connectivity index (χ3n) is 4.47. The highest BCUT2D eigenvalue weighted by atomic mass is 35.5. The van der Waals surface area contributed by atoms with Crippen molar-refractivity contribution in [1.29, 1.82) is 0 Å². The maximum atomic E-state index is 13.0. The number of nitrogens with one attached hydrogen (secondary N) is 1. The van der Waals surface area contributed by atoms with Gasteiger partial charge < -0.3 is 15.2 Å². The Kier molecular flexibility index (Phi) is 8.33. The van der Waals surface area contributed by atoms with Gasteiger partial charge in [0.25, 0.3) is 0 Å². The Morgan fingerprint density at radius 1 is 1.35 bits per heavy atom. The molecule has 1 aliphatic rings. The Morgan fingerprint density at radius 3 is 2.50 bits per heavy atom. The van der Waals surface area contributed by atoms with E-state index in [9.17, 15) is 13.2 Å². The molecule has 1 aromatic rings. The van der Waals surface area contributed by atoms with E-state index in [0.29, 0.717) is 25.4 Å². The molecule has 0 aliphatic carbocycles. The van der Waals surface area contributed by atoms with Crippen molar-refractivity contribution in [3.05, 3.63) is 23.3 Å². The minimum atomic E-state index is -3.57. The van der Waals surface area contributed by atoms with Crippen molar-refractivity contribution in [2.75, 3.05) is 33.3 Å². The zero-order chi connectivity index (χ0) is 18.6. The normalized spacial score (nSPS) is 18.2. The molecule has 26 heavy (non-hydrogen) atoms. The van der Waals surface area contributed by atoms with Crippen molar-refractivity contribution >= 4 is 28.4 Å². The number of methoxy groups -OCH3 is 1. The summed E-state index contributed by atoms with van der Waals surface area (Å²) in [4.78, 5) is 10.9. The summed E-state index contributed by atoms with van der Waals surface area (Å²) in [6.45, 7) is 4.94. The Balaban J connectivity index is 0.00000338. The second-order valence-corrected chi connectivity index (χ2v) is 8.42. The van der Waals surface area contributed by atoms with Gasteiger partial charge in [-0.05, 0) is 62.4 Å². The Hall–Kier alpha value is -1.35. The fraction of sp³-hybridized carbons (Fsp3) is 0.588. The number of halogens is 1. The second kappa shape index (κ2) is 9.55. The molecule has 0 bridgehead atoms. The first-order valence-electron chi connectivity index (χ1n) is 8.33. The van der Waals surface area contributed by atoms with Gasteiger partial charge in [0.05, 0.1) is 18.6 Å². The summed E-state index contributed by atoms with van der Waals surface area (Å²) in [6.07, 6.45) is 1.66. The molecule has 0 radical (unpaired) electrons. The smallest absolute Gasteiger partial charge is 0.317 e. The minimum absolute atomic E-state index is 0. The maximum Gasteiger partial charge on any atom is 0.317 e. The van der Waals surface area contributed by atoms with E-state index in [4.69, 9.17) is 9.84 Å². The summed E-state index contributed by atoms with van der Waals surface area (Å²) in [5.41, 5.74) is 1.58. The van der Waals surface area contributed by atoms with Crippen molar-refractivity contribution in [2.45, 2.75) is 31.6 Å². The second-order valence-electron chi connectivity index (χ2n) is 6.49. The third-order valence-corrected chi connectivity index (χ3v) is 6.31. The molecular weight excluding hydrogens is 380 g/mol. The number of hydrogen-bond acceptors (Lipinski definition) is 5. The highest BCUT2D eigenvalue weighted by Gasteiger charge is 2.30. The van der Waals surface area contributed by atoms with Crippen LogP contribution < -0.4 is 10.1 Å². The van der Waals surface area contributed by atoms with Gasteiger partial charge in [-0.3, -0.25) is 4.79 Å². The van der Waals surface area contributed by atoms with Crippen molar-refractivity contribution in [3.63, 3.8) is 0 Å². The first-order chi connectivity index (χ1) is 11.8. The van der Waals surface area contributed by atoms with Crippen LogP contribution in [0.2, 0.25) is 0 Å². The summed E-state index contributed by atoms with van der Waals surface area (Å²) in [5.74, 6) is -0.0962. The maximum absolute atomic E-state index is 13.0. The van der Waals surface area contributed by atoms with Gasteiger partial charge in [0.2, 0.25) is 10.0 Å². The van der Waals surface area contributed by atoms with Gasteiger partial charge in [-0.15, -0.1) is 12.4 Å². The monoisotopic (exact) mass is 406 g/mol. The molecule has 1 aromatic carbocycles. The number of aryl methyl sites for hydroxylation is 2. The van der Waals surface area contributed by atoms with Gasteiger partial charge in [0.1, 0.15) is 5.75 Å². The van der Waals surface area contributed by atoms with E-state index in [-0.39, 0.29) is 29.8 Å². The number of carboxylic acid groups (broad SMARTS) is 1. The topological polar surface area (TPSA) is 95.9 Å². The third kappa shape index (κ3) is 5.33. The van der Waals surface area contributed by atoms with Crippen LogP contribution in [0, 0.1) is 19.8 Å². The average Bonchev–Trinajstić information content (AvgIpc) is 2.54. The van der Waals surface area contributed by atoms with E-state index in [0.717, 1.165) is 24.0 Å². The van der Waals surface area contributed by atoms with Crippen LogP contribution in [0.25, 0.3) is 0 Å². The molecule has 0 saturated carbocycles. The Labute approximate surface area is 161 Å². The standard InChI is InChI=1S/C17H26N2O5S.ClH/c1-12-7-15(8-13(2)17(12)24-3)25(22,23)19-6-4-5-14(11-19)9-18-10-16(20)21;/h7-8,14,18H,4-6,9-11H2,1-3H3,(H,20,21);1H. The molecule has 2 N–H and O–H groups in total. The lowest BCUT2D eigenvalue weighted by Gasteiger charge is -2.32. The van der Waals surface area contributed by atoms with E-state index in [1.54, 1.807) is 19.2 Å². The molecule has 1 atom stereocenters. The fourth-order valence-electron chi connectivity index (χ4n) is 3.33. The summed E-state index contributed by atoms with van der Waals surface area (Å²) < 4.78 is 32.8. The zero-order valence-electron chi connectivity index (χ0n) is 15.3. The number of piperidine rings is 1. The van der Waals surface area contributed by atoms with Crippen molar-refractivity contribution in [1.82, 2.24) is 9.62 Å². The molecule has 2 rings (SSSR count). The molecule has 9 heteroatoms. The largest absolute Gasteiger partial charge is 0.496 e. The summed E-state index contributed by atoms with van der Waals surface area (Å²) >= 11 is 0. The molecule has 148 valence electrons. The van der Waals surface area contributed by atoms with Gasteiger partial charge in [-0.2, -0.15) is 4.31 Å². The van der Waals surface area contributed by atoms with E-state index in [1.165, 1.54) is 4.31 Å². The predicted octanol–water partition coefficient (Wildman–Crippen LogP) is 1.81. The Bertz CT molecular complexity index is 716. The number of carboxylic acids is 1. The lowest BCUT2D eigenvalue weighted by Crippen LogP contribution is -2.43. The van der Waals surface area contributed by atoms with Crippen molar-refractivity contribution < 1.29 is 23.1 Å². The highest BCUT2D eigenvalue weighted by molar-refractivity contribution is 7.89. The predicted molar refractivity (Wildman–Crippen MR) is 102 cm³/mol. The van der Waals surface area contributed by atoms with Crippen LogP contribution in [0.15, 0.2) is 17.0 Å². The Morgan fingerprint density at radius 2 is 1.96 bits per heavy atom. The van der Waals surface area contributed by atoms with Crippen molar-refractivity contribution in [3.8, 4) is 5.75 Å². The number of aliphatic carboxylic acids is 1. The molecule has 0 amide bonds. The van der Waals surface area contributed by atoms with Crippen molar-refractivity contribution in [2.24, 2.45) is 5.92 Å². The van der Waals surface area contributed by atoms with Gasteiger partial charge in [0, 0.05) is 13.1 Å². The van der Waals surface area contributed by atoms with Gasteiger partial charge >= 0.3 is 5.97 Å². The molecule has 1 saturated heterocycles. The molecule has 7 nitrogen and oxygen atoms in total. The lowest BCUT2D eigenvalue weighted by atomic mass is 10.00. The van der Waals surface area contributed by atoms with E-state index in [1.807, 2.05) is 13.8 Å². The molecule has 1 fully saturated rings. The van der Waals surface area contributed by atoms with Crippen LogP contribution in [0.1, 0.15) is 24.0 Å². The highest BCUT2D eigenvalue weighted by Crippen LogP contribution is 2.29. The first kappa shape index (κ1) is 22.7. The summed E-state index contributed by atoms with van der Waals surface area (Å²) in [6, 6.07) is 3.29. The average molecular weight is 407 g/mol. The van der Waals surface area contributed by atoms with Crippen LogP contribution in [-0.2, 0) is 14.8 Å². The first-order valence-corrected chi connectivity index (χ1v) is 9.77. The molecule has 1 unspecified atom stereocenters. The molecule has 1 aliphatic heterocycles. The minimum Gasteiger partial charge on any atom is -0.496 e. The molecule has 0 aromatic heterocycles. The quantitative estimate of drug-likeness (QED) is 0.716.